The third-order valence-electron chi connectivity index (χ3n) is 3.73. The maximum atomic E-state index is 11.0. The molecule has 116 valence electrons. The number of aromatic nitrogens is 1. The van der Waals surface area contributed by atoms with Crippen molar-refractivity contribution in [2.45, 2.75) is 45.5 Å². The van der Waals surface area contributed by atoms with Crippen LogP contribution in [0, 0.1) is 0 Å². The molecule has 0 saturated heterocycles. The van der Waals surface area contributed by atoms with Gasteiger partial charge in [-0.25, -0.2) is 14.6 Å². The molecule has 0 spiro atoms. The molecule has 0 aromatic carbocycles. The fourth-order valence-electron chi connectivity index (χ4n) is 1.37. The number of rotatable bonds is 5. The number of aromatic carboxylic acids is 2. The molecule has 7 heteroatoms. The van der Waals surface area contributed by atoms with Crippen LogP contribution in [0.1, 0.15) is 47.3 Å². The summed E-state index contributed by atoms with van der Waals surface area (Å²) in [7, 11) is -1.99. The molecule has 1 aromatic heterocycles. The van der Waals surface area contributed by atoms with Gasteiger partial charge < -0.3 is 14.6 Å². The minimum absolute atomic E-state index is 0.0191. The van der Waals surface area contributed by atoms with Gasteiger partial charge in [-0.2, -0.15) is 0 Å². The predicted molar refractivity (Wildman–Crippen MR) is 80.1 cm³/mol. The summed E-state index contributed by atoms with van der Waals surface area (Å²) in [5, 5.41) is 18.0. The number of carboxylic acid groups (broad SMARTS) is 2. The van der Waals surface area contributed by atoms with E-state index in [4.69, 9.17) is 14.6 Å². The normalized spacial score (nSPS) is 12.2. The molecule has 0 bridgehead atoms. The van der Waals surface area contributed by atoms with Gasteiger partial charge in [0.1, 0.15) is 11.4 Å². The van der Waals surface area contributed by atoms with Gasteiger partial charge in [0.15, 0.2) is 8.32 Å². The molecule has 0 amide bonds. The van der Waals surface area contributed by atoms with Gasteiger partial charge in [-0.3, -0.25) is 0 Å². The van der Waals surface area contributed by atoms with Crippen LogP contribution in [0.3, 0.4) is 0 Å². The van der Waals surface area contributed by atoms with Gasteiger partial charge in [0.2, 0.25) is 0 Å². The summed E-state index contributed by atoms with van der Waals surface area (Å²) in [4.78, 5) is 25.6. The van der Waals surface area contributed by atoms with E-state index in [1.54, 1.807) is 0 Å². The zero-order valence-corrected chi connectivity index (χ0v) is 13.9. The number of pyridine rings is 1. The van der Waals surface area contributed by atoms with Crippen molar-refractivity contribution in [2.75, 3.05) is 0 Å². The van der Waals surface area contributed by atoms with Crippen molar-refractivity contribution < 1.29 is 24.2 Å². The van der Waals surface area contributed by atoms with Crippen LogP contribution in [-0.4, -0.2) is 35.5 Å². The van der Waals surface area contributed by atoms with Crippen LogP contribution in [0.5, 0.6) is 0 Å². The van der Waals surface area contributed by atoms with Crippen molar-refractivity contribution in [1.82, 2.24) is 4.98 Å². The quantitative estimate of drug-likeness (QED) is 0.811. The summed E-state index contributed by atoms with van der Waals surface area (Å²) in [6.45, 7) is 10.6. The number of hydrogen-bond acceptors (Lipinski definition) is 4. The second-order valence-corrected chi connectivity index (χ2v) is 11.2. The lowest BCUT2D eigenvalue weighted by Gasteiger charge is -2.36. The van der Waals surface area contributed by atoms with E-state index < -0.39 is 20.3 Å². The molecule has 1 rings (SSSR count). The first-order chi connectivity index (χ1) is 9.44. The third-order valence-corrected chi connectivity index (χ3v) is 8.21. The summed E-state index contributed by atoms with van der Waals surface area (Å²) in [5.74, 6) is -2.52. The van der Waals surface area contributed by atoms with E-state index in [9.17, 15) is 9.59 Å². The predicted octanol–water partition coefficient (Wildman–Crippen LogP) is 3.00. The summed E-state index contributed by atoms with van der Waals surface area (Å²) in [6, 6.07) is 2.70. The van der Waals surface area contributed by atoms with E-state index in [0.717, 1.165) is 0 Å². The lowest BCUT2D eigenvalue weighted by Crippen LogP contribution is -2.40. The Morgan fingerprint density at radius 1 is 1.14 bits per heavy atom. The van der Waals surface area contributed by atoms with Crippen molar-refractivity contribution in [3.8, 4) is 0 Å². The van der Waals surface area contributed by atoms with E-state index in [0.29, 0.717) is 5.56 Å². The second-order valence-electron chi connectivity index (χ2n) is 6.41. The molecule has 21 heavy (non-hydrogen) atoms. The average Bonchev–Trinajstić information content (AvgIpc) is 2.34. The maximum absolute atomic E-state index is 11.0. The van der Waals surface area contributed by atoms with Crippen molar-refractivity contribution in [3.05, 3.63) is 29.1 Å². The topological polar surface area (TPSA) is 96.7 Å². The van der Waals surface area contributed by atoms with Crippen LogP contribution in [0.4, 0.5) is 0 Å². The second kappa shape index (κ2) is 5.95. The standard InChI is InChI=1S/C14H21NO5Si/c1-14(2,3)21(4,5)20-8-9-6-10(12(16)17)15-11(7-9)13(18)19/h6-7H,8H2,1-5H3,(H,16,17)(H,18,19). The van der Waals surface area contributed by atoms with E-state index >= 15 is 0 Å². The Morgan fingerprint density at radius 2 is 1.57 bits per heavy atom. The van der Waals surface area contributed by atoms with Crippen LogP contribution in [0.15, 0.2) is 12.1 Å². The van der Waals surface area contributed by atoms with Gasteiger partial charge >= 0.3 is 11.9 Å². The van der Waals surface area contributed by atoms with Crippen LogP contribution in [0.25, 0.3) is 0 Å². The van der Waals surface area contributed by atoms with Crippen LogP contribution < -0.4 is 0 Å². The molecule has 1 aromatic rings. The molecule has 0 unspecified atom stereocenters. The monoisotopic (exact) mass is 311 g/mol. The Bertz CT molecular complexity index is 531. The number of hydrogen-bond donors (Lipinski definition) is 2. The highest BCUT2D eigenvalue weighted by molar-refractivity contribution is 6.74. The van der Waals surface area contributed by atoms with Gasteiger partial charge in [-0.15, -0.1) is 0 Å². The molecule has 0 atom stereocenters. The van der Waals surface area contributed by atoms with Crippen molar-refractivity contribution in [2.24, 2.45) is 0 Å². The molecule has 2 N–H and O–H groups in total. The first kappa shape index (κ1) is 17.3. The third kappa shape index (κ3) is 4.37. The van der Waals surface area contributed by atoms with Gasteiger partial charge in [0.05, 0.1) is 6.61 Å². The minimum atomic E-state index is -1.99. The van der Waals surface area contributed by atoms with Gasteiger partial charge in [-0.1, -0.05) is 20.8 Å². The largest absolute Gasteiger partial charge is 0.477 e. The van der Waals surface area contributed by atoms with E-state index in [1.807, 2.05) is 0 Å². The molecule has 0 aliphatic carbocycles. The van der Waals surface area contributed by atoms with Crippen LogP contribution in [-0.2, 0) is 11.0 Å². The zero-order valence-electron chi connectivity index (χ0n) is 12.9. The lowest BCUT2D eigenvalue weighted by atomic mass is 10.2. The van der Waals surface area contributed by atoms with Crippen LogP contribution in [0.2, 0.25) is 18.1 Å². The summed E-state index contributed by atoms with van der Waals surface area (Å²) in [5.41, 5.74) is -0.0721. The van der Waals surface area contributed by atoms with Gasteiger partial charge in [-0.05, 0) is 35.8 Å². The maximum Gasteiger partial charge on any atom is 0.354 e. The average molecular weight is 311 g/mol. The molecule has 1 heterocycles. The van der Waals surface area contributed by atoms with Crippen molar-refractivity contribution >= 4 is 20.3 Å². The summed E-state index contributed by atoms with van der Waals surface area (Å²) < 4.78 is 5.97. The number of carboxylic acids is 2. The Hall–Kier alpha value is -1.73. The van der Waals surface area contributed by atoms with Crippen molar-refractivity contribution in [3.63, 3.8) is 0 Å². The highest BCUT2D eigenvalue weighted by Crippen LogP contribution is 2.37. The Labute approximate surface area is 124 Å². The zero-order chi connectivity index (χ0) is 16.4. The van der Waals surface area contributed by atoms with Crippen molar-refractivity contribution in [1.29, 1.82) is 0 Å². The molecule has 0 aliphatic heterocycles. The smallest absolute Gasteiger partial charge is 0.354 e. The Balaban J connectivity index is 3.04. The molecule has 0 radical (unpaired) electrons. The fourth-order valence-corrected chi connectivity index (χ4v) is 2.33. The first-order valence-electron chi connectivity index (χ1n) is 6.55. The number of nitrogens with zero attached hydrogens (tertiary/aromatic N) is 1. The molecule has 0 saturated carbocycles. The first-order valence-corrected chi connectivity index (χ1v) is 9.46. The van der Waals surface area contributed by atoms with E-state index in [1.165, 1.54) is 12.1 Å². The number of carbonyl (C=O) groups is 2. The molecule has 0 fully saturated rings. The Kier molecular flexibility index (Phi) is 4.90. The van der Waals surface area contributed by atoms with E-state index in [-0.39, 0.29) is 23.0 Å². The molecule has 0 aliphatic rings. The molecular formula is C14H21NO5Si. The molecular weight excluding hydrogens is 290 g/mol. The van der Waals surface area contributed by atoms with Crippen LogP contribution >= 0.6 is 0 Å². The lowest BCUT2D eigenvalue weighted by molar-refractivity contribution is 0.0684. The van der Waals surface area contributed by atoms with E-state index in [2.05, 4.69) is 38.8 Å². The minimum Gasteiger partial charge on any atom is -0.477 e. The molecule has 6 nitrogen and oxygen atoms in total. The highest BCUT2D eigenvalue weighted by atomic mass is 28.4. The highest BCUT2D eigenvalue weighted by Gasteiger charge is 2.37. The summed E-state index contributed by atoms with van der Waals surface area (Å²) >= 11 is 0. The Morgan fingerprint density at radius 3 is 1.90 bits per heavy atom. The summed E-state index contributed by atoms with van der Waals surface area (Å²) in [6.07, 6.45) is 0. The SMILES string of the molecule is CC(C)(C)[Si](C)(C)OCc1cc(C(=O)O)nc(C(=O)O)c1. The van der Waals surface area contributed by atoms with Gasteiger partial charge in [0, 0.05) is 0 Å². The van der Waals surface area contributed by atoms with Gasteiger partial charge in [0.25, 0.3) is 0 Å². The fraction of sp³-hybridized carbons (Fsp3) is 0.500.